The average molecular weight is 297 g/mol. The van der Waals surface area contributed by atoms with Crippen molar-refractivity contribution in [3.05, 3.63) is 0 Å². The number of hydrogen-bond acceptors (Lipinski definition) is 2. The molecule has 2 heteroatoms. The normalized spacial score (nSPS) is 27.9. The molecule has 0 amide bonds. The molecule has 1 aliphatic carbocycles. The van der Waals surface area contributed by atoms with E-state index in [9.17, 15) is 0 Å². The second-order valence-electron chi connectivity index (χ2n) is 8.67. The van der Waals surface area contributed by atoms with Crippen molar-refractivity contribution in [2.45, 2.75) is 98.7 Å². The zero-order valence-corrected chi connectivity index (χ0v) is 15.7. The van der Waals surface area contributed by atoms with Crippen LogP contribution in [0.2, 0.25) is 0 Å². The van der Waals surface area contributed by atoms with Gasteiger partial charge in [-0.15, -0.1) is 0 Å². The van der Waals surface area contributed by atoms with E-state index in [1.54, 1.807) is 0 Å². The Morgan fingerprint density at radius 1 is 1.10 bits per heavy atom. The van der Waals surface area contributed by atoms with Crippen LogP contribution < -0.4 is 5.73 Å². The van der Waals surface area contributed by atoms with Gasteiger partial charge in [0.1, 0.15) is 0 Å². The van der Waals surface area contributed by atoms with Crippen molar-refractivity contribution >= 4 is 0 Å². The lowest BCUT2D eigenvalue weighted by Crippen LogP contribution is -2.56. The molecule has 0 heterocycles. The molecule has 0 radical (unpaired) electrons. The standard InChI is InChI=1S/C19H40N2/c1-8-16(9-2)21(13-14(3)4)18-12-15(19(5,6)7)10-11-17(18)20/h14-18H,8-13,20H2,1-7H3. The summed E-state index contributed by atoms with van der Waals surface area (Å²) in [6, 6.07) is 1.64. The maximum absolute atomic E-state index is 6.57. The maximum Gasteiger partial charge on any atom is 0.0253 e. The van der Waals surface area contributed by atoms with Gasteiger partial charge in [-0.2, -0.15) is 0 Å². The first-order chi connectivity index (χ1) is 9.70. The van der Waals surface area contributed by atoms with Gasteiger partial charge in [0.25, 0.3) is 0 Å². The molecule has 0 saturated heterocycles. The highest BCUT2D eigenvalue weighted by Gasteiger charge is 2.38. The van der Waals surface area contributed by atoms with Crippen molar-refractivity contribution < 1.29 is 0 Å². The van der Waals surface area contributed by atoms with Crippen molar-refractivity contribution in [3.8, 4) is 0 Å². The molecule has 1 aliphatic rings. The van der Waals surface area contributed by atoms with Crippen LogP contribution in [0.15, 0.2) is 0 Å². The Morgan fingerprint density at radius 3 is 2.10 bits per heavy atom. The summed E-state index contributed by atoms with van der Waals surface area (Å²) in [5.41, 5.74) is 6.98. The summed E-state index contributed by atoms with van der Waals surface area (Å²) >= 11 is 0. The summed E-state index contributed by atoms with van der Waals surface area (Å²) in [7, 11) is 0. The minimum atomic E-state index is 0.364. The van der Waals surface area contributed by atoms with Crippen molar-refractivity contribution in [1.82, 2.24) is 4.90 Å². The third-order valence-electron chi connectivity index (χ3n) is 5.51. The molecule has 0 aromatic heterocycles. The van der Waals surface area contributed by atoms with Gasteiger partial charge >= 0.3 is 0 Å². The fraction of sp³-hybridized carbons (Fsp3) is 1.00. The molecule has 21 heavy (non-hydrogen) atoms. The Labute approximate surface area is 133 Å². The minimum absolute atomic E-state index is 0.364. The lowest BCUT2D eigenvalue weighted by atomic mass is 9.69. The maximum atomic E-state index is 6.57. The first-order valence-corrected chi connectivity index (χ1v) is 9.21. The van der Waals surface area contributed by atoms with Crippen molar-refractivity contribution in [2.75, 3.05) is 6.54 Å². The molecule has 1 saturated carbocycles. The molecule has 3 atom stereocenters. The number of hydrogen-bond donors (Lipinski definition) is 1. The van der Waals surface area contributed by atoms with Crippen LogP contribution in [0, 0.1) is 17.3 Å². The average Bonchev–Trinajstić information content (AvgIpc) is 2.37. The minimum Gasteiger partial charge on any atom is -0.326 e. The van der Waals surface area contributed by atoms with E-state index >= 15 is 0 Å². The summed E-state index contributed by atoms with van der Waals surface area (Å²) in [6.07, 6.45) is 6.27. The molecule has 0 aromatic carbocycles. The predicted octanol–water partition coefficient (Wildman–Crippen LogP) is 4.68. The van der Waals surface area contributed by atoms with Crippen LogP contribution in [0.5, 0.6) is 0 Å². The molecule has 1 fully saturated rings. The van der Waals surface area contributed by atoms with Gasteiger partial charge < -0.3 is 5.73 Å². The molecule has 0 bridgehead atoms. The fourth-order valence-corrected chi connectivity index (χ4v) is 4.07. The summed E-state index contributed by atoms with van der Waals surface area (Å²) in [6.45, 7) is 17.7. The summed E-state index contributed by atoms with van der Waals surface area (Å²) in [5.74, 6) is 1.53. The molecule has 126 valence electrons. The SMILES string of the molecule is CCC(CC)N(CC(C)C)C1CC(C(C)(C)C)CCC1N. The summed E-state index contributed by atoms with van der Waals surface area (Å²) in [4.78, 5) is 2.77. The third-order valence-corrected chi connectivity index (χ3v) is 5.51. The lowest BCUT2D eigenvalue weighted by molar-refractivity contribution is 0.0316. The van der Waals surface area contributed by atoms with Crippen LogP contribution in [0.25, 0.3) is 0 Å². The number of nitrogens with zero attached hydrogens (tertiary/aromatic N) is 1. The molecule has 1 rings (SSSR count). The van der Waals surface area contributed by atoms with Gasteiger partial charge in [0.15, 0.2) is 0 Å². The van der Waals surface area contributed by atoms with Gasteiger partial charge in [-0.1, -0.05) is 48.5 Å². The Balaban J connectivity index is 2.91. The van der Waals surface area contributed by atoms with Crippen LogP contribution in [0.3, 0.4) is 0 Å². The predicted molar refractivity (Wildman–Crippen MR) is 94.5 cm³/mol. The van der Waals surface area contributed by atoms with Crippen LogP contribution in [-0.2, 0) is 0 Å². The van der Waals surface area contributed by atoms with E-state index in [4.69, 9.17) is 5.73 Å². The second kappa shape index (κ2) is 7.97. The number of rotatable bonds is 6. The van der Waals surface area contributed by atoms with E-state index in [1.165, 1.54) is 38.6 Å². The highest BCUT2D eigenvalue weighted by molar-refractivity contribution is 4.94. The molecule has 0 aliphatic heterocycles. The molecular formula is C19H40N2. The Morgan fingerprint density at radius 2 is 1.67 bits per heavy atom. The van der Waals surface area contributed by atoms with Crippen molar-refractivity contribution in [2.24, 2.45) is 23.0 Å². The van der Waals surface area contributed by atoms with Gasteiger partial charge in [0.05, 0.1) is 0 Å². The molecule has 3 unspecified atom stereocenters. The van der Waals surface area contributed by atoms with Crippen LogP contribution in [-0.4, -0.2) is 29.6 Å². The van der Waals surface area contributed by atoms with Crippen LogP contribution >= 0.6 is 0 Å². The molecule has 0 aromatic rings. The fourth-order valence-electron chi connectivity index (χ4n) is 4.07. The van der Waals surface area contributed by atoms with Gasteiger partial charge in [0.2, 0.25) is 0 Å². The Hall–Kier alpha value is -0.0800. The molecule has 2 nitrogen and oxygen atoms in total. The van der Waals surface area contributed by atoms with E-state index in [2.05, 4.69) is 53.4 Å². The third kappa shape index (κ3) is 5.25. The summed E-state index contributed by atoms with van der Waals surface area (Å²) in [5, 5.41) is 0. The summed E-state index contributed by atoms with van der Waals surface area (Å²) < 4.78 is 0. The zero-order valence-electron chi connectivity index (χ0n) is 15.7. The zero-order chi connectivity index (χ0) is 16.2. The van der Waals surface area contributed by atoms with Gasteiger partial charge in [0, 0.05) is 24.7 Å². The van der Waals surface area contributed by atoms with Crippen LogP contribution in [0.4, 0.5) is 0 Å². The smallest absolute Gasteiger partial charge is 0.0253 e. The highest BCUT2D eigenvalue weighted by Crippen LogP contribution is 2.39. The van der Waals surface area contributed by atoms with Gasteiger partial charge in [-0.25, -0.2) is 0 Å². The Bertz CT molecular complexity index is 288. The first kappa shape index (κ1) is 19.0. The van der Waals surface area contributed by atoms with E-state index in [0.29, 0.717) is 29.5 Å². The molecular weight excluding hydrogens is 256 g/mol. The van der Waals surface area contributed by atoms with Gasteiger partial charge in [-0.3, -0.25) is 4.90 Å². The van der Waals surface area contributed by atoms with Gasteiger partial charge in [-0.05, 0) is 49.4 Å². The van der Waals surface area contributed by atoms with E-state index < -0.39 is 0 Å². The van der Waals surface area contributed by atoms with Crippen molar-refractivity contribution in [3.63, 3.8) is 0 Å². The second-order valence-corrected chi connectivity index (χ2v) is 8.67. The molecule has 2 N–H and O–H groups in total. The number of nitrogens with two attached hydrogens (primary N) is 1. The van der Waals surface area contributed by atoms with E-state index in [1.807, 2.05) is 0 Å². The van der Waals surface area contributed by atoms with Crippen LogP contribution in [0.1, 0.15) is 80.6 Å². The lowest BCUT2D eigenvalue weighted by Gasteiger charge is -2.48. The van der Waals surface area contributed by atoms with Crippen molar-refractivity contribution in [1.29, 1.82) is 0 Å². The largest absolute Gasteiger partial charge is 0.326 e. The van der Waals surface area contributed by atoms with E-state index in [0.717, 1.165) is 5.92 Å². The van der Waals surface area contributed by atoms with E-state index in [-0.39, 0.29) is 0 Å². The monoisotopic (exact) mass is 296 g/mol. The Kier molecular flexibility index (Phi) is 7.19. The molecule has 0 spiro atoms. The quantitative estimate of drug-likeness (QED) is 0.771. The first-order valence-electron chi connectivity index (χ1n) is 9.21. The topological polar surface area (TPSA) is 29.3 Å². The highest BCUT2D eigenvalue weighted by atomic mass is 15.2.